The Kier molecular flexibility index (Phi) is 6.15. The van der Waals surface area contributed by atoms with Crippen LogP contribution in [0.3, 0.4) is 0 Å². The predicted octanol–water partition coefficient (Wildman–Crippen LogP) is 2.15. The maximum absolute atomic E-state index is 5.77. The highest BCUT2D eigenvalue weighted by atomic mass is 16.5. The van der Waals surface area contributed by atoms with Crippen LogP contribution >= 0.6 is 0 Å². The largest absolute Gasteiger partial charge is 0.497 e. The minimum atomic E-state index is 0.624. The average Bonchev–Trinajstić information content (AvgIpc) is 2.69. The van der Waals surface area contributed by atoms with Gasteiger partial charge in [0, 0.05) is 19.1 Å². The maximum Gasteiger partial charge on any atom is 0.119 e. The van der Waals surface area contributed by atoms with E-state index in [4.69, 9.17) is 9.47 Å². The fraction of sp³-hybridized carbons (Fsp3) is 0.625. The summed E-state index contributed by atoms with van der Waals surface area (Å²) in [6.45, 7) is 7.60. The summed E-state index contributed by atoms with van der Waals surface area (Å²) >= 11 is 0. The van der Waals surface area contributed by atoms with Gasteiger partial charge in [0.15, 0.2) is 0 Å². The molecule has 0 spiro atoms. The Morgan fingerprint density at radius 3 is 2.75 bits per heavy atom. The summed E-state index contributed by atoms with van der Waals surface area (Å²) in [5, 5.41) is 3.47. The first-order valence-electron chi connectivity index (χ1n) is 7.51. The molecule has 0 radical (unpaired) electrons. The van der Waals surface area contributed by atoms with E-state index in [1.165, 1.54) is 13.0 Å². The van der Waals surface area contributed by atoms with Crippen molar-refractivity contribution in [1.82, 2.24) is 10.2 Å². The molecule has 0 amide bonds. The lowest BCUT2D eigenvalue weighted by atomic mass is 10.2. The minimum absolute atomic E-state index is 0.624. The van der Waals surface area contributed by atoms with Gasteiger partial charge in [0.2, 0.25) is 0 Å². The summed E-state index contributed by atoms with van der Waals surface area (Å²) in [5.74, 6) is 1.78. The molecule has 20 heavy (non-hydrogen) atoms. The highest BCUT2D eigenvalue weighted by molar-refractivity contribution is 5.31. The van der Waals surface area contributed by atoms with Crippen LogP contribution in [0.2, 0.25) is 0 Å². The van der Waals surface area contributed by atoms with Crippen LogP contribution in [0.1, 0.15) is 19.8 Å². The second-order valence-corrected chi connectivity index (χ2v) is 5.32. The quantitative estimate of drug-likeness (QED) is 0.809. The second kappa shape index (κ2) is 8.12. The fourth-order valence-corrected chi connectivity index (χ4v) is 2.53. The fourth-order valence-electron chi connectivity index (χ4n) is 2.53. The molecule has 1 aliphatic rings. The van der Waals surface area contributed by atoms with Gasteiger partial charge in [-0.15, -0.1) is 0 Å². The lowest BCUT2D eigenvalue weighted by Gasteiger charge is -2.26. The van der Waals surface area contributed by atoms with Crippen molar-refractivity contribution in [2.24, 2.45) is 0 Å². The Balaban J connectivity index is 1.67. The van der Waals surface area contributed by atoms with Crippen molar-refractivity contribution in [3.8, 4) is 11.5 Å². The van der Waals surface area contributed by atoms with Crippen molar-refractivity contribution in [1.29, 1.82) is 0 Å². The molecule has 0 saturated carbocycles. The third-order valence-electron chi connectivity index (χ3n) is 3.78. The Labute approximate surface area is 122 Å². The monoisotopic (exact) mass is 278 g/mol. The number of nitrogens with zero attached hydrogens (tertiary/aromatic N) is 1. The molecule has 1 heterocycles. The molecule has 1 unspecified atom stereocenters. The van der Waals surface area contributed by atoms with Gasteiger partial charge in [0.25, 0.3) is 0 Å². The lowest BCUT2D eigenvalue weighted by Crippen LogP contribution is -2.38. The van der Waals surface area contributed by atoms with E-state index < -0.39 is 0 Å². The number of rotatable bonds is 6. The molecule has 0 aliphatic carbocycles. The van der Waals surface area contributed by atoms with Gasteiger partial charge in [0.05, 0.1) is 13.7 Å². The molecule has 1 N–H and O–H groups in total. The van der Waals surface area contributed by atoms with Crippen molar-refractivity contribution in [3.05, 3.63) is 24.3 Å². The van der Waals surface area contributed by atoms with E-state index >= 15 is 0 Å². The summed E-state index contributed by atoms with van der Waals surface area (Å²) in [6, 6.07) is 8.39. The topological polar surface area (TPSA) is 33.7 Å². The molecule has 1 saturated heterocycles. The van der Waals surface area contributed by atoms with Crippen LogP contribution in [0.4, 0.5) is 0 Å². The van der Waals surface area contributed by atoms with E-state index in [1.807, 2.05) is 24.3 Å². The van der Waals surface area contributed by atoms with E-state index in [9.17, 15) is 0 Å². The van der Waals surface area contributed by atoms with Gasteiger partial charge in [-0.25, -0.2) is 0 Å². The van der Waals surface area contributed by atoms with Crippen LogP contribution in [-0.2, 0) is 0 Å². The second-order valence-electron chi connectivity index (χ2n) is 5.32. The maximum atomic E-state index is 5.77. The van der Waals surface area contributed by atoms with E-state index in [0.717, 1.165) is 44.2 Å². The minimum Gasteiger partial charge on any atom is -0.497 e. The van der Waals surface area contributed by atoms with Crippen molar-refractivity contribution in [2.45, 2.75) is 25.8 Å². The molecule has 1 atom stereocenters. The van der Waals surface area contributed by atoms with Crippen LogP contribution in [0.15, 0.2) is 24.3 Å². The molecular formula is C16H26N2O2. The van der Waals surface area contributed by atoms with Crippen LogP contribution in [0.5, 0.6) is 11.5 Å². The molecule has 4 nitrogen and oxygen atoms in total. The van der Waals surface area contributed by atoms with E-state index in [0.29, 0.717) is 6.04 Å². The number of hydrogen-bond donors (Lipinski definition) is 1. The first kappa shape index (κ1) is 15.1. The first-order valence-corrected chi connectivity index (χ1v) is 7.51. The van der Waals surface area contributed by atoms with E-state index in [-0.39, 0.29) is 0 Å². The summed E-state index contributed by atoms with van der Waals surface area (Å²) in [4.78, 5) is 2.55. The van der Waals surface area contributed by atoms with E-state index in [1.54, 1.807) is 7.11 Å². The Hall–Kier alpha value is -1.26. The molecule has 0 bridgehead atoms. The van der Waals surface area contributed by atoms with Gasteiger partial charge in [-0.1, -0.05) is 0 Å². The number of nitrogens with one attached hydrogen (secondary N) is 1. The molecule has 1 aliphatic heterocycles. The SMILES string of the molecule is COc1ccc(OCCCN2CCCNCC2C)cc1. The number of ether oxygens (including phenoxy) is 2. The lowest BCUT2D eigenvalue weighted by molar-refractivity contribution is 0.198. The highest BCUT2D eigenvalue weighted by Gasteiger charge is 2.15. The molecule has 1 aromatic carbocycles. The van der Waals surface area contributed by atoms with Crippen LogP contribution in [-0.4, -0.2) is 50.8 Å². The highest BCUT2D eigenvalue weighted by Crippen LogP contribution is 2.17. The molecule has 0 aromatic heterocycles. The first-order chi connectivity index (χ1) is 9.79. The Morgan fingerprint density at radius 1 is 1.25 bits per heavy atom. The summed E-state index contributed by atoms with van der Waals surface area (Å²) in [5.41, 5.74) is 0. The number of hydrogen-bond acceptors (Lipinski definition) is 4. The molecule has 1 aromatic rings. The van der Waals surface area contributed by atoms with Crippen molar-refractivity contribution in [3.63, 3.8) is 0 Å². The third kappa shape index (κ3) is 4.69. The predicted molar refractivity (Wildman–Crippen MR) is 81.6 cm³/mol. The third-order valence-corrected chi connectivity index (χ3v) is 3.78. The van der Waals surface area contributed by atoms with Gasteiger partial charge in [0.1, 0.15) is 11.5 Å². The summed E-state index contributed by atoms with van der Waals surface area (Å²) in [7, 11) is 1.67. The van der Waals surface area contributed by atoms with Crippen LogP contribution in [0, 0.1) is 0 Å². The zero-order chi connectivity index (χ0) is 14.2. The van der Waals surface area contributed by atoms with Crippen molar-refractivity contribution >= 4 is 0 Å². The summed E-state index contributed by atoms with van der Waals surface area (Å²) in [6.07, 6.45) is 2.31. The number of methoxy groups -OCH3 is 1. The standard InChI is InChI=1S/C16H26N2O2/c1-14-13-17-9-3-10-18(14)11-4-12-20-16-7-5-15(19-2)6-8-16/h5-8,14,17H,3-4,9-13H2,1-2H3. The Morgan fingerprint density at radius 2 is 2.00 bits per heavy atom. The Bertz CT molecular complexity index is 381. The van der Waals surface area contributed by atoms with Crippen molar-refractivity contribution in [2.75, 3.05) is 39.9 Å². The van der Waals surface area contributed by atoms with Crippen LogP contribution in [0.25, 0.3) is 0 Å². The van der Waals surface area contributed by atoms with Gasteiger partial charge in [-0.05, 0) is 57.1 Å². The average molecular weight is 278 g/mol. The van der Waals surface area contributed by atoms with Crippen LogP contribution < -0.4 is 14.8 Å². The number of benzene rings is 1. The molecule has 1 fully saturated rings. The van der Waals surface area contributed by atoms with Gasteiger partial charge in [-0.2, -0.15) is 0 Å². The smallest absolute Gasteiger partial charge is 0.119 e. The molecule has 4 heteroatoms. The van der Waals surface area contributed by atoms with E-state index in [2.05, 4.69) is 17.1 Å². The van der Waals surface area contributed by atoms with Gasteiger partial charge in [-0.3, -0.25) is 4.90 Å². The van der Waals surface area contributed by atoms with Gasteiger partial charge >= 0.3 is 0 Å². The van der Waals surface area contributed by atoms with Crippen molar-refractivity contribution < 1.29 is 9.47 Å². The molecular weight excluding hydrogens is 252 g/mol. The zero-order valence-corrected chi connectivity index (χ0v) is 12.6. The zero-order valence-electron chi connectivity index (χ0n) is 12.6. The summed E-state index contributed by atoms with van der Waals surface area (Å²) < 4.78 is 10.9. The molecule has 2 rings (SSSR count). The molecule has 112 valence electrons. The van der Waals surface area contributed by atoms with Gasteiger partial charge < -0.3 is 14.8 Å². The normalized spacial score (nSPS) is 20.4.